The maximum absolute atomic E-state index is 11.3. The first-order chi connectivity index (χ1) is 6.61. The monoisotopic (exact) mass is 198 g/mol. The first kappa shape index (κ1) is 11.5. The summed E-state index contributed by atoms with van der Waals surface area (Å²) in [6.45, 7) is 3.04. The molecule has 1 saturated carbocycles. The van der Waals surface area contributed by atoms with Crippen molar-refractivity contribution in [3.63, 3.8) is 0 Å². The molecule has 1 amide bonds. The number of hydrogen-bond acceptors (Lipinski definition) is 2. The zero-order valence-corrected chi connectivity index (χ0v) is 9.55. The molecule has 0 aliphatic heterocycles. The van der Waals surface area contributed by atoms with Crippen LogP contribution in [-0.4, -0.2) is 37.5 Å². The fourth-order valence-corrected chi connectivity index (χ4v) is 1.74. The van der Waals surface area contributed by atoms with Crippen molar-refractivity contribution >= 4 is 5.91 Å². The van der Waals surface area contributed by atoms with Crippen LogP contribution in [0, 0.1) is 5.92 Å². The van der Waals surface area contributed by atoms with E-state index in [0.717, 1.165) is 12.5 Å². The van der Waals surface area contributed by atoms with Crippen LogP contribution in [0.3, 0.4) is 0 Å². The van der Waals surface area contributed by atoms with Crippen LogP contribution >= 0.6 is 0 Å². The summed E-state index contributed by atoms with van der Waals surface area (Å²) in [5.74, 6) is 1.06. The van der Waals surface area contributed by atoms with E-state index in [1.54, 1.807) is 19.0 Å². The molecule has 1 aliphatic rings. The highest BCUT2D eigenvalue weighted by molar-refractivity contribution is 5.75. The molecule has 1 fully saturated rings. The molecule has 1 atom stereocenters. The summed E-state index contributed by atoms with van der Waals surface area (Å²) in [6.07, 6.45) is 4.71. The molecule has 0 radical (unpaired) electrons. The molecule has 82 valence electrons. The molecule has 1 N–H and O–H groups in total. The van der Waals surface area contributed by atoms with E-state index >= 15 is 0 Å². The van der Waals surface area contributed by atoms with E-state index in [9.17, 15) is 4.79 Å². The highest BCUT2D eigenvalue weighted by Gasteiger charge is 2.23. The second kappa shape index (κ2) is 5.35. The molecule has 0 aromatic carbocycles. The van der Waals surface area contributed by atoms with Crippen LogP contribution in [0.15, 0.2) is 0 Å². The normalized spacial score (nSPS) is 18.8. The van der Waals surface area contributed by atoms with Crippen molar-refractivity contribution in [1.82, 2.24) is 10.2 Å². The van der Waals surface area contributed by atoms with Gasteiger partial charge in [-0.25, -0.2) is 0 Å². The van der Waals surface area contributed by atoms with Gasteiger partial charge in [0.2, 0.25) is 5.91 Å². The van der Waals surface area contributed by atoms with Crippen molar-refractivity contribution in [3.8, 4) is 0 Å². The van der Waals surface area contributed by atoms with Crippen molar-refractivity contribution in [3.05, 3.63) is 0 Å². The Hall–Kier alpha value is -0.570. The van der Waals surface area contributed by atoms with E-state index < -0.39 is 0 Å². The number of carbonyl (C=O) groups excluding carboxylic acids is 1. The van der Waals surface area contributed by atoms with Gasteiger partial charge in [-0.05, 0) is 25.7 Å². The average Bonchev–Trinajstić information content (AvgIpc) is 2.00. The van der Waals surface area contributed by atoms with Gasteiger partial charge in [0, 0.05) is 33.1 Å². The fourth-order valence-electron chi connectivity index (χ4n) is 1.74. The Kier molecular flexibility index (Phi) is 4.39. The topological polar surface area (TPSA) is 32.3 Å². The second-order valence-electron chi connectivity index (χ2n) is 4.47. The minimum absolute atomic E-state index is 0.207. The molecule has 3 nitrogen and oxygen atoms in total. The van der Waals surface area contributed by atoms with Crippen molar-refractivity contribution in [2.24, 2.45) is 5.92 Å². The lowest BCUT2D eigenvalue weighted by atomic mass is 9.80. The zero-order valence-electron chi connectivity index (χ0n) is 9.55. The van der Waals surface area contributed by atoms with Gasteiger partial charge in [-0.15, -0.1) is 0 Å². The van der Waals surface area contributed by atoms with Gasteiger partial charge in [0.15, 0.2) is 0 Å². The third-order valence-electron chi connectivity index (χ3n) is 3.16. The van der Waals surface area contributed by atoms with Gasteiger partial charge in [-0.3, -0.25) is 4.79 Å². The lowest BCUT2D eigenvalue weighted by molar-refractivity contribution is -0.128. The van der Waals surface area contributed by atoms with Crippen LogP contribution in [0.4, 0.5) is 0 Å². The molecule has 14 heavy (non-hydrogen) atoms. The Balaban J connectivity index is 2.05. The number of nitrogens with one attached hydrogen (secondary N) is 1. The van der Waals surface area contributed by atoms with Crippen LogP contribution < -0.4 is 5.32 Å². The van der Waals surface area contributed by atoms with E-state index in [4.69, 9.17) is 0 Å². The summed E-state index contributed by atoms with van der Waals surface area (Å²) in [6, 6.07) is 0.582. The maximum Gasteiger partial charge on any atom is 0.223 e. The van der Waals surface area contributed by atoms with Crippen molar-refractivity contribution in [2.45, 2.75) is 38.6 Å². The van der Waals surface area contributed by atoms with Gasteiger partial charge in [0.25, 0.3) is 0 Å². The van der Waals surface area contributed by atoms with Crippen LogP contribution in [0.25, 0.3) is 0 Å². The second-order valence-corrected chi connectivity index (χ2v) is 4.47. The lowest BCUT2D eigenvalue weighted by Gasteiger charge is -2.32. The Labute approximate surface area is 86.9 Å². The van der Waals surface area contributed by atoms with E-state index in [2.05, 4.69) is 12.2 Å². The summed E-state index contributed by atoms with van der Waals surface area (Å²) in [5, 5.41) is 3.42. The predicted molar refractivity (Wildman–Crippen MR) is 58.1 cm³/mol. The molecule has 0 aromatic heterocycles. The fraction of sp³-hybridized carbons (Fsp3) is 0.909. The van der Waals surface area contributed by atoms with E-state index in [0.29, 0.717) is 12.5 Å². The first-order valence-corrected chi connectivity index (χ1v) is 5.55. The number of carbonyl (C=O) groups is 1. The zero-order chi connectivity index (χ0) is 10.6. The SMILES string of the molecule is CC(NCCC(=O)N(C)C)C1CCC1. The smallest absolute Gasteiger partial charge is 0.223 e. The lowest BCUT2D eigenvalue weighted by Crippen LogP contribution is -2.38. The number of rotatable bonds is 5. The summed E-state index contributed by atoms with van der Waals surface area (Å²) in [5.41, 5.74) is 0. The predicted octanol–water partition coefficient (Wildman–Crippen LogP) is 1.24. The summed E-state index contributed by atoms with van der Waals surface area (Å²) in [4.78, 5) is 12.9. The Bertz CT molecular complexity index is 188. The molecule has 1 unspecified atom stereocenters. The maximum atomic E-state index is 11.3. The molecule has 0 spiro atoms. The quantitative estimate of drug-likeness (QED) is 0.721. The average molecular weight is 198 g/mol. The minimum atomic E-state index is 0.207. The minimum Gasteiger partial charge on any atom is -0.349 e. The molecule has 1 rings (SSSR count). The number of amides is 1. The first-order valence-electron chi connectivity index (χ1n) is 5.55. The largest absolute Gasteiger partial charge is 0.349 e. The van der Waals surface area contributed by atoms with Gasteiger partial charge < -0.3 is 10.2 Å². The van der Waals surface area contributed by atoms with Crippen LogP contribution in [0.1, 0.15) is 32.6 Å². The van der Waals surface area contributed by atoms with Gasteiger partial charge in [-0.1, -0.05) is 6.42 Å². The van der Waals surface area contributed by atoms with Gasteiger partial charge >= 0.3 is 0 Å². The molecule has 0 heterocycles. The highest BCUT2D eigenvalue weighted by Crippen LogP contribution is 2.29. The number of hydrogen-bond donors (Lipinski definition) is 1. The van der Waals surface area contributed by atoms with Gasteiger partial charge in [0.05, 0.1) is 0 Å². The molecule has 0 saturated heterocycles. The number of nitrogens with zero attached hydrogens (tertiary/aromatic N) is 1. The molecule has 1 aliphatic carbocycles. The van der Waals surface area contributed by atoms with Crippen molar-refractivity contribution < 1.29 is 4.79 Å². The van der Waals surface area contributed by atoms with Gasteiger partial charge in [-0.2, -0.15) is 0 Å². The Morgan fingerprint density at radius 1 is 1.50 bits per heavy atom. The van der Waals surface area contributed by atoms with Crippen molar-refractivity contribution in [2.75, 3.05) is 20.6 Å². The molecule has 3 heteroatoms. The molecule has 0 aromatic rings. The highest BCUT2D eigenvalue weighted by atomic mass is 16.2. The molecular formula is C11H22N2O. The van der Waals surface area contributed by atoms with Crippen molar-refractivity contribution in [1.29, 1.82) is 0 Å². The van der Waals surface area contributed by atoms with Crippen LogP contribution in [-0.2, 0) is 4.79 Å². The molecule has 0 bridgehead atoms. The standard InChI is InChI=1S/C11H22N2O/c1-9(10-5-4-6-10)12-8-7-11(14)13(2)3/h9-10,12H,4-8H2,1-3H3. The summed E-state index contributed by atoms with van der Waals surface area (Å²) < 4.78 is 0. The van der Waals surface area contributed by atoms with E-state index in [-0.39, 0.29) is 5.91 Å². The van der Waals surface area contributed by atoms with Crippen LogP contribution in [0.5, 0.6) is 0 Å². The van der Waals surface area contributed by atoms with Gasteiger partial charge in [0.1, 0.15) is 0 Å². The Morgan fingerprint density at radius 2 is 2.14 bits per heavy atom. The molecular weight excluding hydrogens is 176 g/mol. The summed E-state index contributed by atoms with van der Waals surface area (Å²) >= 11 is 0. The van der Waals surface area contributed by atoms with E-state index in [1.165, 1.54) is 19.3 Å². The summed E-state index contributed by atoms with van der Waals surface area (Å²) in [7, 11) is 3.61. The third kappa shape index (κ3) is 3.29. The van der Waals surface area contributed by atoms with Crippen LogP contribution in [0.2, 0.25) is 0 Å². The van der Waals surface area contributed by atoms with E-state index in [1.807, 2.05) is 0 Å². The Morgan fingerprint density at radius 3 is 2.57 bits per heavy atom. The third-order valence-corrected chi connectivity index (χ3v) is 3.16.